The predicted octanol–water partition coefficient (Wildman–Crippen LogP) is 4.06. The van der Waals surface area contributed by atoms with Gasteiger partial charge in [0.15, 0.2) is 0 Å². The van der Waals surface area contributed by atoms with Crippen molar-refractivity contribution in [3.8, 4) is 5.75 Å². The second kappa shape index (κ2) is 10.7. The van der Waals surface area contributed by atoms with Crippen LogP contribution < -0.4 is 10.1 Å². The van der Waals surface area contributed by atoms with Crippen LogP contribution in [-0.4, -0.2) is 56.5 Å². The Balaban J connectivity index is 1.40. The van der Waals surface area contributed by atoms with E-state index in [0.717, 1.165) is 23.7 Å². The molecule has 2 aromatic carbocycles. The lowest BCUT2D eigenvalue weighted by atomic mass is 10.1. The van der Waals surface area contributed by atoms with Gasteiger partial charge in [0.1, 0.15) is 18.2 Å². The Morgan fingerprint density at radius 1 is 1.11 bits per heavy atom. The van der Waals surface area contributed by atoms with Gasteiger partial charge in [-0.25, -0.2) is 13.4 Å². The first-order valence-corrected chi connectivity index (χ1v) is 13.1. The summed E-state index contributed by atoms with van der Waals surface area (Å²) >= 11 is 0. The van der Waals surface area contributed by atoms with Gasteiger partial charge in [0.25, 0.3) is 5.91 Å². The first kappa shape index (κ1) is 25.1. The molecule has 1 unspecified atom stereocenters. The molecule has 0 saturated carbocycles. The smallest absolute Gasteiger partial charge is 0.251 e. The first-order valence-electron chi connectivity index (χ1n) is 11.7. The number of aryl methyl sites for hydroxylation is 2. The SMILES string of the molecule is COc1cc(C)c(S(=O)(=O)N2CCCCC2COCC(=O)Nc2ccc3ccccc3n2)c(C)c1. The molecule has 1 fully saturated rings. The van der Waals surface area contributed by atoms with E-state index in [0.29, 0.717) is 40.6 Å². The van der Waals surface area contributed by atoms with Crippen molar-refractivity contribution in [3.05, 3.63) is 59.7 Å². The summed E-state index contributed by atoms with van der Waals surface area (Å²) in [6, 6.07) is 14.4. The second-order valence-electron chi connectivity index (χ2n) is 8.81. The Morgan fingerprint density at radius 3 is 2.60 bits per heavy atom. The minimum Gasteiger partial charge on any atom is -0.497 e. The van der Waals surface area contributed by atoms with E-state index in [9.17, 15) is 13.2 Å². The van der Waals surface area contributed by atoms with Gasteiger partial charge in [0.05, 0.1) is 24.1 Å². The molecule has 1 aliphatic heterocycles. The summed E-state index contributed by atoms with van der Waals surface area (Å²) in [6.07, 6.45) is 2.38. The molecular formula is C26H31N3O5S. The van der Waals surface area contributed by atoms with Crippen molar-refractivity contribution in [3.63, 3.8) is 0 Å². The molecule has 1 atom stereocenters. The van der Waals surface area contributed by atoms with E-state index in [1.54, 1.807) is 39.2 Å². The highest BCUT2D eigenvalue weighted by atomic mass is 32.2. The van der Waals surface area contributed by atoms with Crippen molar-refractivity contribution in [2.45, 2.75) is 44.0 Å². The zero-order valence-corrected chi connectivity index (χ0v) is 21.1. The number of hydrogen-bond acceptors (Lipinski definition) is 6. The number of nitrogens with one attached hydrogen (secondary N) is 1. The van der Waals surface area contributed by atoms with Crippen molar-refractivity contribution in [2.75, 3.05) is 32.2 Å². The molecule has 1 N–H and O–H groups in total. The summed E-state index contributed by atoms with van der Waals surface area (Å²) in [5.74, 6) is 0.744. The van der Waals surface area contributed by atoms with Crippen LogP contribution in [0.2, 0.25) is 0 Å². The quantitative estimate of drug-likeness (QED) is 0.504. The lowest BCUT2D eigenvalue weighted by Crippen LogP contribution is -2.46. The number of carbonyl (C=O) groups is 1. The molecule has 0 radical (unpaired) electrons. The molecule has 0 spiro atoms. The number of anilines is 1. The van der Waals surface area contributed by atoms with Gasteiger partial charge in [-0.1, -0.05) is 24.6 Å². The number of benzene rings is 2. The van der Waals surface area contributed by atoms with Crippen LogP contribution in [0, 0.1) is 13.8 Å². The highest BCUT2D eigenvalue weighted by Crippen LogP contribution is 2.32. The fourth-order valence-corrected chi connectivity index (χ4v) is 6.71. The first-order chi connectivity index (χ1) is 16.8. The summed E-state index contributed by atoms with van der Waals surface area (Å²) in [5, 5.41) is 3.73. The molecule has 1 aromatic heterocycles. The van der Waals surface area contributed by atoms with E-state index >= 15 is 0 Å². The van der Waals surface area contributed by atoms with Crippen LogP contribution in [0.25, 0.3) is 10.9 Å². The van der Waals surface area contributed by atoms with Crippen molar-refractivity contribution < 1.29 is 22.7 Å². The second-order valence-corrected chi connectivity index (χ2v) is 10.6. The summed E-state index contributed by atoms with van der Waals surface area (Å²) in [4.78, 5) is 17.2. The van der Waals surface area contributed by atoms with Crippen LogP contribution in [0.15, 0.2) is 53.4 Å². The van der Waals surface area contributed by atoms with E-state index in [1.165, 1.54) is 4.31 Å². The van der Waals surface area contributed by atoms with Crippen LogP contribution in [0.1, 0.15) is 30.4 Å². The molecule has 0 aliphatic carbocycles. The van der Waals surface area contributed by atoms with E-state index in [2.05, 4.69) is 10.3 Å². The highest BCUT2D eigenvalue weighted by Gasteiger charge is 2.35. The molecule has 0 bridgehead atoms. The fraction of sp³-hybridized carbons (Fsp3) is 0.385. The summed E-state index contributed by atoms with van der Waals surface area (Å²) in [7, 11) is -2.17. The zero-order valence-electron chi connectivity index (χ0n) is 20.3. The van der Waals surface area contributed by atoms with Gasteiger partial charge in [0, 0.05) is 18.0 Å². The van der Waals surface area contributed by atoms with Gasteiger partial charge in [-0.05, 0) is 68.1 Å². The number of para-hydroxylation sites is 1. The monoisotopic (exact) mass is 497 g/mol. The van der Waals surface area contributed by atoms with Crippen molar-refractivity contribution >= 4 is 32.7 Å². The van der Waals surface area contributed by atoms with Crippen molar-refractivity contribution in [2.24, 2.45) is 0 Å². The molecule has 2 heterocycles. The zero-order chi connectivity index (χ0) is 25.0. The largest absolute Gasteiger partial charge is 0.497 e. The Hall–Kier alpha value is -3.01. The Morgan fingerprint density at radius 2 is 1.86 bits per heavy atom. The topological polar surface area (TPSA) is 97.8 Å². The normalized spacial score (nSPS) is 16.8. The van der Waals surface area contributed by atoms with E-state index in [4.69, 9.17) is 9.47 Å². The van der Waals surface area contributed by atoms with Crippen LogP contribution in [0.3, 0.4) is 0 Å². The molecule has 1 amide bonds. The van der Waals surface area contributed by atoms with Crippen molar-refractivity contribution in [1.29, 1.82) is 0 Å². The summed E-state index contributed by atoms with van der Waals surface area (Å²) in [6.45, 7) is 3.95. The number of hydrogen-bond donors (Lipinski definition) is 1. The Kier molecular flexibility index (Phi) is 7.69. The van der Waals surface area contributed by atoms with E-state index in [1.807, 2.05) is 30.3 Å². The number of piperidine rings is 1. The van der Waals surface area contributed by atoms with Gasteiger partial charge in [0.2, 0.25) is 10.0 Å². The molecule has 8 nitrogen and oxygen atoms in total. The van der Waals surface area contributed by atoms with E-state index < -0.39 is 10.0 Å². The molecule has 3 aromatic rings. The predicted molar refractivity (Wildman–Crippen MR) is 135 cm³/mol. The van der Waals surface area contributed by atoms with Gasteiger partial charge in [-0.15, -0.1) is 0 Å². The molecule has 35 heavy (non-hydrogen) atoms. The lowest BCUT2D eigenvalue weighted by molar-refractivity contribution is -0.121. The van der Waals surface area contributed by atoms with Gasteiger partial charge in [-0.2, -0.15) is 4.31 Å². The van der Waals surface area contributed by atoms with Crippen LogP contribution >= 0.6 is 0 Å². The maximum atomic E-state index is 13.6. The minimum absolute atomic E-state index is 0.145. The highest BCUT2D eigenvalue weighted by molar-refractivity contribution is 7.89. The number of rotatable bonds is 8. The number of nitrogens with zero attached hydrogens (tertiary/aromatic N) is 2. The molecule has 4 rings (SSSR count). The Bertz CT molecular complexity index is 1300. The number of pyridine rings is 1. The maximum Gasteiger partial charge on any atom is 0.251 e. The van der Waals surface area contributed by atoms with Crippen LogP contribution in [0.5, 0.6) is 5.75 Å². The molecule has 186 valence electrons. The third-order valence-corrected chi connectivity index (χ3v) is 8.48. The number of sulfonamides is 1. The summed E-state index contributed by atoms with van der Waals surface area (Å²) in [5.41, 5.74) is 2.09. The van der Waals surface area contributed by atoms with Gasteiger partial charge < -0.3 is 14.8 Å². The molecular weight excluding hydrogens is 466 g/mol. The minimum atomic E-state index is -3.73. The lowest BCUT2D eigenvalue weighted by Gasteiger charge is -2.35. The maximum absolute atomic E-state index is 13.6. The van der Waals surface area contributed by atoms with Gasteiger partial charge >= 0.3 is 0 Å². The number of amides is 1. The van der Waals surface area contributed by atoms with E-state index in [-0.39, 0.29) is 25.2 Å². The number of aromatic nitrogens is 1. The molecule has 9 heteroatoms. The molecule has 1 aliphatic rings. The Labute approximate surface area is 206 Å². The number of carbonyl (C=O) groups excluding carboxylic acids is 1. The summed E-state index contributed by atoms with van der Waals surface area (Å²) < 4.78 is 39.7. The van der Waals surface area contributed by atoms with Crippen molar-refractivity contribution in [1.82, 2.24) is 9.29 Å². The van der Waals surface area contributed by atoms with Crippen LogP contribution in [-0.2, 0) is 19.6 Å². The van der Waals surface area contributed by atoms with Gasteiger partial charge in [-0.3, -0.25) is 4.79 Å². The average molecular weight is 498 g/mol. The number of methoxy groups -OCH3 is 1. The number of fused-ring (bicyclic) bond motifs is 1. The standard InChI is InChI=1S/C26H31N3O5S/c1-18-14-22(33-3)15-19(2)26(18)35(31,32)29-13-7-6-9-21(29)16-34-17-25(30)28-24-12-11-20-8-4-5-10-23(20)27-24/h4-5,8,10-12,14-15,21H,6-7,9,13,16-17H2,1-3H3,(H,27,28,30). The molecule has 1 saturated heterocycles. The third-order valence-electron chi connectivity index (χ3n) is 6.22. The van der Waals surface area contributed by atoms with Crippen LogP contribution in [0.4, 0.5) is 5.82 Å². The fourth-order valence-electron chi connectivity index (χ4n) is 4.61. The third kappa shape index (κ3) is 5.63. The number of ether oxygens (including phenoxy) is 2. The average Bonchev–Trinajstić information content (AvgIpc) is 2.83.